The molecule has 4 N–H and O–H groups in total. The van der Waals surface area contributed by atoms with Gasteiger partial charge in [0.15, 0.2) is 18.7 Å². The van der Waals surface area contributed by atoms with Crippen molar-refractivity contribution in [2.24, 2.45) is 29.6 Å². The first kappa shape index (κ1) is 50.9. The van der Waals surface area contributed by atoms with Gasteiger partial charge < -0.3 is 58.5 Å². The molecule has 60 heavy (non-hydrogen) atoms. The van der Waals surface area contributed by atoms with Gasteiger partial charge in [-0.05, 0) is 87.2 Å². The monoisotopic (exact) mass is 858 g/mol. The van der Waals surface area contributed by atoms with Crippen LogP contribution in [0.5, 0.6) is 0 Å². The molecule has 0 spiro atoms. The lowest BCUT2D eigenvalue weighted by atomic mass is 9.74. The van der Waals surface area contributed by atoms with Crippen molar-refractivity contribution < 1.29 is 68.0 Å². The summed E-state index contributed by atoms with van der Waals surface area (Å²) in [6.45, 7) is 16.5. The van der Waals surface area contributed by atoms with Gasteiger partial charge in [0.05, 0.1) is 53.7 Å². The Bertz CT molecular complexity index is 1420. The summed E-state index contributed by atoms with van der Waals surface area (Å²) in [5.74, 6) is -4.99. The van der Waals surface area contributed by atoms with E-state index in [0.29, 0.717) is 12.3 Å². The number of hydrogen-bond donors (Lipinski definition) is 4. The molecule has 0 aromatic carbocycles. The van der Waals surface area contributed by atoms with Crippen molar-refractivity contribution in [1.29, 1.82) is 0 Å². The van der Waals surface area contributed by atoms with Crippen LogP contribution in [0.15, 0.2) is 0 Å². The average Bonchev–Trinajstić information content (AvgIpc) is 3.71. The number of methoxy groups -OCH3 is 1. The van der Waals surface area contributed by atoms with Crippen LogP contribution in [-0.4, -0.2) is 149 Å². The average molecular weight is 858 g/mol. The number of carbonyl (C=O) groups is 3. The maximum Gasteiger partial charge on any atom is 0.311 e. The van der Waals surface area contributed by atoms with Crippen LogP contribution in [0.3, 0.4) is 0 Å². The lowest BCUT2D eigenvalue weighted by molar-refractivity contribution is -0.319. The first-order valence-electron chi connectivity index (χ1n) is 22.5. The normalized spacial score (nSPS) is 45.6. The second-order valence-electron chi connectivity index (χ2n) is 19.6. The van der Waals surface area contributed by atoms with E-state index in [1.54, 1.807) is 48.5 Å². The zero-order valence-electron chi connectivity index (χ0n) is 38.6. The fourth-order valence-corrected chi connectivity index (χ4v) is 10.4. The Labute approximate surface area is 358 Å². The van der Waals surface area contributed by atoms with Crippen molar-refractivity contribution >= 4 is 17.7 Å². The third-order valence-corrected chi connectivity index (χ3v) is 14.3. The predicted molar refractivity (Wildman–Crippen MR) is 221 cm³/mol. The van der Waals surface area contributed by atoms with E-state index >= 15 is 0 Å². The van der Waals surface area contributed by atoms with Crippen molar-refractivity contribution in [3.8, 4) is 0 Å². The van der Waals surface area contributed by atoms with Crippen LogP contribution in [0.25, 0.3) is 0 Å². The second-order valence-corrected chi connectivity index (χ2v) is 19.6. The number of ether oxygens (including phenoxy) is 7. The SMILES string of the molecule is CC[C@@H]1OC(=O)[C@H](C)[C@H](O[C@@H]2C[C@](C)(OC)[C@H](O)[C@H](C)O2)[C@H](C)[C@H](O[C@@H]2O[C@H](C)C[C@H](N(C)C)[C@@H]2OC(=O)CCC2CCCC2)[C@](C)(O)C[C@H](C)C(=O)[C@H](C)[C@@H](O)[C@@]1(C)O. The Morgan fingerprint density at radius 1 is 0.883 bits per heavy atom. The van der Waals surface area contributed by atoms with Gasteiger partial charge in [-0.3, -0.25) is 14.4 Å². The van der Waals surface area contributed by atoms with E-state index in [9.17, 15) is 34.8 Å². The molecule has 0 aromatic rings. The minimum absolute atomic E-state index is 0.0798. The number of esters is 2. The Morgan fingerprint density at radius 2 is 1.52 bits per heavy atom. The highest BCUT2D eigenvalue weighted by Crippen LogP contribution is 2.41. The molecule has 0 amide bonds. The predicted octanol–water partition coefficient (Wildman–Crippen LogP) is 4.31. The Kier molecular flexibility index (Phi) is 17.6. The molecular formula is C45H79NO14. The van der Waals surface area contributed by atoms with Gasteiger partial charge in [0, 0.05) is 37.7 Å². The van der Waals surface area contributed by atoms with Gasteiger partial charge in [0.1, 0.15) is 23.6 Å². The highest BCUT2D eigenvalue weighted by atomic mass is 16.7. The van der Waals surface area contributed by atoms with E-state index in [1.165, 1.54) is 21.0 Å². The fraction of sp³-hybridized carbons (Fsp3) is 0.933. The summed E-state index contributed by atoms with van der Waals surface area (Å²) in [7, 11) is 5.29. The van der Waals surface area contributed by atoms with Gasteiger partial charge in [-0.2, -0.15) is 0 Å². The molecule has 1 aliphatic carbocycles. The summed E-state index contributed by atoms with van der Waals surface area (Å²) in [5, 5.41) is 46.9. The maximum absolute atomic E-state index is 14.3. The Hall–Kier alpha value is -1.79. The molecule has 1 saturated carbocycles. The molecule has 3 heterocycles. The van der Waals surface area contributed by atoms with Gasteiger partial charge in [-0.1, -0.05) is 53.4 Å². The lowest BCUT2D eigenvalue weighted by Crippen LogP contribution is -2.61. The first-order valence-corrected chi connectivity index (χ1v) is 22.5. The zero-order chi connectivity index (χ0) is 45.1. The number of nitrogens with zero attached hydrogens (tertiary/aromatic N) is 1. The minimum atomic E-state index is -2.01. The Morgan fingerprint density at radius 3 is 2.10 bits per heavy atom. The van der Waals surface area contributed by atoms with Crippen LogP contribution in [-0.2, 0) is 47.5 Å². The molecule has 0 radical (unpaired) electrons. The van der Waals surface area contributed by atoms with Crippen molar-refractivity contribution in [2.45, 2.75) is 218 Å². The largest absolute Gasteiger partial charge is 0.459 e. The maximum atomic E-state index is 14.3. The smallest absolute Gasteiger partial charge is 0.311 e. The molecule has 18 atom stereocenters. The summed E-state index contributed by atoms with van der Waals surface area (Å²) < 4.78 is 44.4. The summed E-state index contributed by atoms with van der Waals surface area (Å²) in [6.07, 6.45) is -4.24. The molecule has 15 nitrogen and oxygen atoms in total. The summed E-state index contributed by atoms with van der Waals surface area (Å²) in [5.41, 5.74) is -4.93. The van der Waals surface area contributed by atoms with Crippen LogP contribution in [0.1, 0.15) is 133 Å². The molecule has 3 saturated heterocycles. The number of carbonyl (C=O) groups excluding carboxylic acids is 3. The third-order valence-electron chi connectivity index (χ3n) is 14.3. The molecule has 0 aromatic heterocycles. The summed E-state index contributed by atoms with van der Waals surface area (Å²) in [4.78, 5) is 44.0. The number of Topliss-reactive ketones (excluding diaryl/α,β-unsaturated/α-hetero) is 1. The molecule has 4 aliphatic rings. The van der Waals surface area contributed by atoms with Crippen molar-refractivity contribution in [1.82, 2.24) is 4.90 Å². The van der Waals surface area contributed by atoms with Gasteiger partial charge >= 0.3 is 11.9 Å². The number of likely N-dealkylation sites (N-methyl/N-ethyl adjacent to an activating group) is 1. The third kappa shape index (κ3) is 11.7. The van der Waals surface area contributed by atoms with E-state index in [1.807, 2.05) is 25.9 Å². The highest BCUT2D eigenvalue weighted by Gasteiger charge is 2.54. The highest BCUT2D eigenvalue weighted by molar-refractivity contribution is 5.83. The lowest BCUT2D eigenvalue weighted by Gasteiger charge is -2.49. The van der Waals surface area contributed by atoms with E-state index in [4.69, 9.17) is 33.2 Å². The van der Waals surface area contributed by atoms with E-state index in [2.05, 4.69) is 0 Å². The van der Waals surface area contributed by atoms with Crippen LogP contribution >= 0.6 is 0 Å². The number of ketones is 1. The molecule has 4 rings (SSSR count). The topological polar surface area (TPSA) is 200 Å². The molecule has 0 unspecified atom stereocenters. The van der Waals surface area contributed by atoms with E-state index in [0.717, 1.165) is 32.1 Å². The fourth-order valence-electron chi connectivity index (χ4n) is 10.4. The molecule has 15 heteroatoms. The standard InChI is InChI=1S/C45H79NO14/c1-14-32-45(10,53)38(49)26(4)35(48)24(2)22-43(8,52)40(27(5)36(28(6)41(51)57-32)59-34-23-44(9,54-13)39(50)29(7)56-34)60-42-37(31(46(11)12)21-25(3)55-42)58-33(47)20-19-30-17-15-16-18-30/h24-32,34,36-40,42,49-50,52-53H,14-23H2,1-13H3/t24-,25+,26-,27-,28+,29-,31-,32-,34+,36+,37-,38+,39+,40-,42-,43+,44-,45-/m0/s1. The zero-order valence-corrected chi connectivity index (χ0v) is 38.6. The summed E-state index contributed by atoms with van der Waals surface area (Å²) >= 11 is 0. The van der Waals surface area contributed by atoms with Gasteiger partial charge in [0.2, 0.25) is 0 Å². The molecule has 0 bridgehead atoms. The second kappa shape index (κ2) is 20.8. The minimum Gasteiger partial charge on any atom is -0.459 e. The number of aliphatic hydroxyl groups excluding tert-OH is 2. The van der Waals surface area contributed by atoms with Crippen molar-refractivity contribution in [2.75, 3.05) is 21.2 Å². The van der Waals surface area contributed by atoms with Crippen LogP contribution < -0.4 is 0 Å². The van der Waals surface area contributed by atoms with Gasteiger partial charge in [0.25, 0.3) is 0 Å². The van der Waals surface area contributed by atoms with Gasteiger partial charge in [-0.25, -0.2) is 0 Å². The van der Waals surface area contributed by atoms with Crippen LogP contribution in [0.2, 0.25) is 0 Å². The van der Waals surface area contributed by atoms with E-state index < -0.39 is 108 Å². The molecule has 3 aliphatic heterocycles. The van der Waals surface area contributed by atoms with Gasteiger partial charge in [-0.15, -0.1) is 0 Å². The number of cyclic esters (lactones) is 1. The first-order chi connectivity index (χ1) is 27.9. The number of hydrogen-bond acceptors (Lipinski definition) is 15. The Balaban J connectivity index is 1.82. The van der Waals surface area contributed by atoms with Crippen molar-refractivity contribution in [3.63, 3.8) is 0 Å². The molecule has 348 valence electrons. The molecular weight excluding hydrogens is 778 g/mol. The number of aliphatic hydroxyl groups is 4. The number of rotatable bonds is 11. The molecule has 4 fully saturated rings. The van der Waals surface area contributed by atoms with Crippen LogP contribution in [0.4, 0.5) is 0 Å². The summed E-state index contributed by atoms with van der Waals surface area (Å²) in [6, 6.07) is -0.314. The quantitative estimate of drug-likeness (QED) is 0.214. The van der Waals surface area contributed by atoms with Crippen LogP contribution in [0, 0.1) is 29.6 Å². The van der Waals surface area contributed by atoms with E-state index in [-0.39, 0.29) is 43.8 Å². The van der Waals surface area contributed by atoms with Crippen molar-refractivity contribution in [3.05, 3.63) is 0 Å².